The Hall–Kier alpha value is -1.76. The number of hydrogen-bond donors (Lipinski definition) is 1. The predicted molar refractivity (Wildman–Crippen MR) is 93.6 cm³/mol. The van der Waals surface area contributed by atoms with Crippen molar-refractivity contribution >= 4 is 29.1 Å². The molecular formula is C17H21ClN4O2. The lowest BCUT2D eigenvalue weighted by Crippen LogP contribution is -2.45. The molecule has 3 rings (SSSR count). The Labute approximate surface area is 146 Å². The molecule has 128 valence electrons. The molecule has 0 aliphatic carbocycles. The number of halogens is 1. The summed E-state index contributed by atoms with van der Waals surface area (Å²) in [4.78, 5) is 33.2. The van der Waals surface area contributed by atoms with Gasteiger partial charge in [-0.3, -0.25) is 24.8 Å². The van der Waals surface area contributed by atoms with Gasteiger partial charge in [-0.05, 0) is 24.7 Å². The van der Waals surface area contributed by atoms with Crippen LogP contribution in [0.1, 0.15) is 11.5 Å². The number of rotatable bonds is 4. The summed E-state index contributed by atoms with van der Waals surface area (Å²) in [5.74, 6) is -1.35. The van der Waals surface area contributed by atoms with Crippen molar-refractivity contribution < 1.29 is 9.59 Å². The zero-order valence-electron chi connectivity index (χ0n) is 13.7. The average molecular weight is 349 g/mol. The van der Waals surface area contributed by atoms with Crippen LogP contribution in [0.5, 0.6) is 0 Å². The number of amides is 2. The van der Waals surface area contributed by atoms with Crippen molar-refractivity contribution in [3.05, 3.63) is 34.9 Å². The number of imide groups is 1. The van der Waals surface area contributed by atoms with Crippen molar-refractivity contribution in [2.24, 2.45) is 4.99 Å². The van der Waals surface area contributed by atoms with E-state index in [0.717, 1.165) is 38.3 Å². The number of likely N-dealkylation sites (N-methyl/N-ethyl adjacent to an activating group) is 1. The van der Waals surface area contributed by atoms with Gasteiger partial charge < -0.3 is 4.90 Å². The van der Waals surface area contributed by atoms with Crippen molar-refractivity contribution in [3.63, 3.8) is 0 Å². The molecule has 1 aromatic carbocycles. The second-order valence-electron chi connectivity index (χ2n) is 6.21. The monoisotopic (exact) mass is 348 g/mol. The van der Waals surface area contributed by atoms with E-state index in [1.54, 1.807) is 24.3 Å². The molecule has 24 heavy (non-hydrogen) atoms. The third-order valence-electron chi connectivity index (χ3n) is 4.50. The first-order valence-corrected chi connectivity index (χ1v) is 8.48. The topological polar surface area (TPSA) is 65.0 Å². The van der Waals surface area contributed by atoms with E-state index in [4.69, 9.17) is 11.6 Å². The van der Waals surface area contributed by atoms with Crippen molar-refractivity contribution in [1.82, 2.24) is 15.1 Å². The van der Waals surface area contributed by atoms with Gasteiger partial charge in [0.05, 0.1) is 6.54 Å². The minimum atomic E-state index is -0.637. The molecule has 2 heterocycles. The highest BCUT2D eigenvalue weighted by Crippen LogP contribution is 2.24. The van der Waals surface area contributed by atoms with Crippen LogP contribution in [0.2, 0.25) is 5.02 Å². The number of hydrogen-bond acceptors (Lipinski definition) is 5. The van der Waals surface area contributed by atoms with E-state index < -0.39 is 11.8 Å². The maximum absolute atomic E-state index is 12.1. The van der Waals surface area contributed by atoms with Crippen LogP contribution in [0.4, 0.5) is 0 Å². The molecule has 1 unspecified atom stereocenters. The Morgan fingerprint density at radius 1 is 1.17 bits per heavy atom. The maximum Gasteiger partial charge on any atom is 0.272 e. The summed E-state index contributed by atoms with van der Waals surface area (Å²) in [7, 11) is 2.11. The smallest absolute Gasteiger partial charge is 0.272 e. The largest absolute Gasteiger partial charge is 0.304 e. The van der Waals surface area contributed by atoms with Crippen LogP contribution in [-0.4, -0.2) is 73.6 Å². The van der Waals surface area contributed by atoms with E-state index in [2.05, 4.69) is 27.2 Å². The summed E-state index contributed by atoms with van der Waals surface area (Å²) in [6.45, 7) is 5.42. The highest BCUT2D eigenvalue weighted by molar-refractivity contribution is 6.52. The van der Waals surface area contributed by atoms with Crippen LogP contribution in [0, 0.1) is 0 Å². The maximum atomic E-state index is 12.1. The molecule has 0 saturated carbocycles. The van der Waals surface area contributed by atoms with E-state index in [1.807, 2.05) is 0 Å². The SMILES string of the molecule is CN1CCN(CCN=C2C(=O)NC(=O)C2c2ccc(Cl)cc2)CC1. The Balaban J connectivity index is 1.68. The normalized spacial score (nSPS) is 24.6. The number of nitrogens with one attached hydrogen (secondary N) is 1. The van der Waals surface area contributed by atoms with E-state index in [9.17, 15) is 9.59 Å². The molecule has 2 aliphatic heterocycles. The van der Waals surface area contributed by atoms with Gasteiger partial charge in [-0.15, -0.1) is 0 Å². The number of carbonyl (C=O) groups excluding carboxylic acids is 2. The Morgan fingerprint density at radius 3 is 2.50 bits per heavy atom. The molecule has 7 heteroatoms. The number of benzene rings is 1. The summed E-state index contributed by atoms with van der Waals surface area (Å²) in [6.07, 6.45) is 0. The lowest BCUT2D eigenvalue weighted by Gasteiger charge is -2.31. The van der Waals surface area contributed by atoms with Gasteiger partial charge in [-0.25, -0.2) is 0 Å². The van der Waals surface area contributed by atoms with E-state index in [1.165, 1.54) is 0 Å². The van der Waals surface area contributed by atoms with Crippen LogP contribution < -0.4 is 5.32 Å². The fraction of sp³-hybridized carbons (Fsp3) is 0.471. The van der Waals surface area contributed by atoms with E-state index >= 15 is 0 Å². The first-order valence-electron chi connectivity index (χ1n) is 8.10. The van der Waals surface area contributed by atoms with Crippen molar-refractivity contribution in [2.75, 3.05) is 46.3 Å². The van der Waals surface area contributed by atoms with Gasteiger partial charge in [0.1, 0.15) is 11.6 Å². The summed E-state index contributed by atoms with van der Waals surface area (Å²) in [6, 6.07) is 6.96. The van der Waals surface area contributed by atoms with Crippen LogP contribution in [0.15, 0.2) is 29.3 Å². The van der Waals surface area contributed by atoms with Gasteiger partial charge in [0.2, 0.25) is 5.91 Å². The lowest BCUT2D eigenvalue weighted by molar-refractivity contribution is -0.124. The summed E-state index contributed by atoms with van der Waals surface area (Å²) >= 11 is 5.89. The molecule has 1 N–H and O–H groups in total. The molecule has 0 radical (unpaired) electrons. The van der Waals surface area contributed by atoms with Crippen molar-refractivity contribution in [3.8, 4) is 0 Å². The first-order chi connectivity index (χ1) is 11.5. The minimum absolute atomic E-state index is 0.302. The van der Waals surface area contributed by atoms with Gasteiger partial charge in [-0.2, -0.15) is 0 Å². The zero-order valence-corrected chi connectivity index (χ0v) is 14.4. The number of nitrogens with zero attached hydrogens (tertiary/aromatic N) is 3. The second-order valence-corrected chi connectivity index (χ2v) is 6.65. The number of piperazine rings is 1. The molecule has 1 aromatic rings. The molecule has 2 fully saturated rings. The molecule has 0 spiro atoms. The lowest BCUT2D eigenvalue weighted by atomic mass is 9.96. The third kappa shape index (κ3) is 3.83. The Kier molecular flexibility index (Phi) is 5.28. The molecule has 0 bridgehead atoms. The summed E-state index contributed by atoms with van der Waals surface area (Å²) in [5.41, 5.74) is 1.04. The van der Waals surface area contributed by atoms with Crippen molar-refractivity contribution in [2.45, 2.75) is 5.92 Å². The highest BCUT2D eigenvalue weighted by Gasteiger charge is 2.38. The van der Waals surface area contributed by atoms with Gasteiger partial charge in [0, 0.05) is 37.7 Å². The van der Waals surface area contributed by atoms with Gasteiger partial charge in [0.15, 0.2) is 0 Å². The molecule has 2 aliphatic rings. The van der Waals surface area contributed by atoms with E-state index in [-0.39, 0.29) is 5.91 Å². The third-order valence-corrected chi connectivity index (χ3v) is 4.75. The van der Waals surface area contributed by atoms with Gasteiger partial charge in [-0.1, -0.05) is 23.7 Å². The van der Waals surface area contributed by atoms with Gasteiger partial charge >= 0.3 is 0 Å². The summed E-state index contributed by atoms with van der Waals surface area (Å²) < 4.78 is 0. The molecule has 0 aromatic heterocycles. The molecule has 2 amide bonds. The van der Waals surface area contributed by atoms with E-state index in [0.29, 0.717) is 17.3 Å². The van der Waals surface area contributed by atoms with Crippen LogP contribution in [-0.2, 0) is 9.59 Å². The van der Waals surface area contributed by atoms with Crippen molar-refractivity contribution in [1.29, 1.82) is 0 Å². The Morgan fingerprint density at radius 2 is 1.83 bits per heavy atom. The predicted octanol–water partition coefficient (Wildman–Crippen LogP) is 0.768. The molecular weight excluding hydrogens is 328 g/mol. The number of aliphatic imine (C=N–C) groups is 1. The highest BCUT2D eigenvalue weighted by atomic mass is 35.5. The Bertz CT molecular complexity index is 651. The molecule has 1 atom stereocenters. The van der Waals surface area contributed by atoms with Crippen LogP contribution >= 0.6 is 11.6 Å². The molecule has 2 saturated heterocycles. The quantitative estimate of drug-likeness (QED) is 0.816. The number of carbonyl (C=O) groups is 2. The fourth-order valence-electron chi connectivity index (χ4n) is 3.01. The van der Waals surface area contributed by atoms with Crippen LogP contribution in [0.3, 0.4) is 0 Å². The average Bonchev–Trinajstić information content (AvgIpc) is 2.84. The van der Waals surface area contributed by atoms with Crippen LogP contribution in [0.25, 0.3) is 0 Å². The first kappa shape index (κ1) is 17.1. The minimum Gasteiger partial charge on any atom is -0.304 e. The van der Waals surface area contributed by atoms with Gasteiger partial charge in [0.25, 0.3) is 5.91 Å². The fourth-order valence-corrected chi connectivity index (χ4v) is 3.14. The zero-order chi connectivity index (χ0) is 17.1. The standard InChI is InChI=1S/C17H21ClN4O2/c1-21-8-10-22(11-9-21)7-6-19-15-14(16(23)20-17(15)24)12-2-4-13(18)5-3-12/h2-5,14H,6-11H2,1H3,(H,20,23,24). The second kappa shape index (κ2) is 7.42. The summed E-state index contributed by atoms with van der Waals surface area (Å²) in [5, 5.41) is 2.96. The molecule has 6 nitrogen and oxygen atoms in total.